The average molecular weight is 280 g/mol. The number of benzene rings is 1. The van der Waals surface area contributed by atoms with Crippen LogP contribution in [0.1, 0.15) is 21.6 Å². The molecule has 1 aromatic heterocycles. The molecule has 0 aliphatic rings. The third kappa shape index (κ3) is 2.89. The van der Waals surface area contributed by atoms with E-state index in [1.807, 2.05) is 25.1 Å². The Hall–Kier alpha value is -1.38. The van der Waals surface area contributed by atoms with Crippen LogP contribution in [0, 0.1) is 6.92 Å². The van der Waals surface area contributed by atoms with Gasteiger partial charge in [0.2, 0.25) is 0 Å². The van der Waals surface area contributed by atoms with Crippen molar-refractivity contribution in [2.24, 2.45) is 0 Å². The monoisotopic (exact) mass is 279 g/mol. The highest BCUT2D eigenvalue weighted by Crippen LogP contribution is 2.21. The molecular formula is C14H11Cl2NO. The van der Waals surface area contributed by atoms with Gasteiger partial charge < -0.3 is 0 Å². The van der Waals surface area contributed by atoms with Gasteiger partial charge in [0.05, 0.1) is 5.02 Å². The van der Waals surface area contributed by atoms with Crippen LogP contribution in [0.5, 0.6) is 0 Å². The fraction of sp³-hybridized carbons (Fsp3) is 0.143. The minimum Gasteiger partial charge on any atom is -0.292 e. The number of pyridine rings is 1. The molecule has 18 heavy (non-hydrogen) atoms. The fourth-order valence-corrected chi connectivity index (χ4v) is 2.17. The number of hydrogen-bond acceptors (Lipinski definition) is 2. The molecule has 0 unspecified atom stereocenters. The second kappa shape index (κ2) is 5.51. The second-order valence-corrected chi connectivity index (χ2v) is 4.84. The zero-order valence-corrected chi connectivity index (χ0v) is 11.3. The molecule has 2 nitrogen and oxygen atoms in total. The topological polar surface area (TPSA) is 30.0 Å². The smallest absolute Gasteiger partial charge is 0.187 e. The first-order chi connectivity index (χ1) is 8.58. The van der Waals surface area contributed by atoms with Crippen molar-refractivity contribution in [3.8, 4) is 0 Å². The quantitative estimate of drug-likeness (QED) is 0.791. The van der Waals surface area contributed by atoms with E-state index in [0.717, 1.165) is 11.1 Å². The van der Waals surface area contributed by atoms with Crippen molar-refractivity contribution in [3.05, 3.63) is 63.4 Å². The molecule has 0 fully saturated rings. The van der Waals surface area contributed by atoms with Crippen LogP contribution in [-0.4, -0.2) is 10.8 Å². The summed E-state index contributed by atoms with van der Waals surface area (Å²) in [6.45, 7) is 1.95. The Labute approximate surface area is 116 Å². The van der Waals surface area contributed by atoms with Gasteiger partial charge in [0.1, 0.15) is 5.69 Å². The van der Waals surface area contributed by atoms with E-state index in [-0.39, 0.29) is 17.9 Å². The van der Waals surface area contributed by atoms with Gasteiger partial charge in [0.15, 0.2) is 5.78 Å². The molecule has 0 bridgehead atoms. The molecule has 0 spiro atoms. The summed E-state index contributed by atoms with van der Waals surface area (Å²) in [4.78, 5) is 16.1. The van der Waals surface area contributed by atoms with Gasteiger partial charge >= 0.3 is 0 Å². The van der Waals surface area contributed by atoms with Crippen LogP contribution >= 0.6 is 23.2 Å². The zero-order valence-electron chi connectivity index (χ0n) is 9.78. The Morgan fingerprint density at radius 1 is 1.22 bits per heavy atom. The first-order valence-electron chi connectivity index (χ1n) is 5.46. The second-order valence-electron chi connectivity index (χ2n) is 4.03. The predicted octanol–water partition coefficient (Wildman–Crippen LogP) is 4.12. The van der Waals surface area contributed by atoms with Crippen molar-refractivity contribution in [2.75, 3.05) is 0 Å². The number of rotatable bonds is 3. The lowest BCUT2D eigenvalue weighted by atomic mass is 10.0. The van der Waals surface area contributed by atoms with Crippen molar-refractivity contribution in [3.63, 3.8) is 0 Å². The van der Waals surface area contributed by atoms with E-state index >= 15 is 0 Å². The predicted molar refractivity (Wildman–Crippen MR) is 73.5 cm³/mol. The summed E-state index contributed by atoms with van der Waals surface area (Å²) in [5.74, 6) is -0.133. The molecule has 0 saturated carbocycles. The Morgan fingerprint density at radius 3 is 2.67 bits per heavy atom. The summed E-state index contributed by atoms with van der Waals surface area (Å²) in [5, 5.41) is 0.959. The summed E-state index contributed by atoms with van der Waals surface area (Å²) < 4.78 is 0. The van der Waals surface area contributed by atoms with E-state index in [1.54, 1.807) is 18.3 Å². The Balaban J connectivity index is 2.24. The number of ketones is 1. The van der Waals surface area contributed by atoms with Gasteiger partial charge in [0.25, 0.3) is 0 Å². The molecule has 0 N–H and O–H groups in total. The minimum atomic E-state index is -0.133. The molecule has 0 saturated heterocycles. The summed E-state index contributed by atoms with van der Waals surface area (Å²) in [5.41, 5.74) is 2.14. The number of aromatic nitrogens is 1. The first kappa shape index (κ1) is 13.1. The molecule has 1 aromatic carbocycles. The molecule has 0 radical (unpaired) electrons. The number of aryl methyl sites for hydroxylation is 1. The van der Waals surface area contributed by atoms with E-state index in [9.17, 15) is 4.79 Å². The Kier molecular flexibility index (Phi) is 4.00. The molecule has 0 atom stereocenters. The minimum absolute atomic E-state index is 0.133. The average Bonchev–Trinajstić information content (AvgIpc) is 2.33. The van der Waals surface area contributed by atoms with E-state index in [4.69, 9.17) is 23.2 Å². The summed E-state index contributed by atoms with van der Waals surface area (Å²) in [6.07, 6.45) is 1.76. The summed E-state index contributed by atoms with van der Waals surface area (Å²) >= 11 is 12.0. The van der Waals surface area contributed by atoms with Crippen LogP contribution in [0.25, 0.3) is 0 Å². The van der Waals surface area contributed by atoms with Crippen molar-refractivity contribution in [2.45, 2.75) is 13.3 Å². The Morgan fingerprint density at radius 2 is 2.00 bits per heavy atom. The molecule has 0 aliphatic carbocycles. The van der Waals surface area contributed by atoms with Gasteiger partial charge in [-0.1, -0.05) is 35.3 Å². The van der Waals surface area contributed by atoms with Crippen LogP contribution in [-0.2, 0) is 6.42 Å². The maximum absolute atomic E-state index is 12.1. The molecule has 2 aromatic rings. The standard InChI is InChI=1S/C14H11Cl2NO/c1-9-4-5-10(12(16)7-9)8-13(18)14-11(15)3-2-6-17-14/h2-7H,8H2,1H3. The number of hydrogen-bond donors (Lipinski definition) is 0. The highest BCUT2D eigenvalue weighted by Gasteiger charge is 2.13. The van der Waals surface area contributed by atoms with Crippen LogP contribution < -0.4 is 0 Å². The molecular weight excluding hydrogens is 269 g/mol. The lowest BCUT2D eigenvalue weighted by Crippen LogP contribution is -2.07. The van der Waals surface area contributed by atoms with Crippen LogP contribution in [0.2, 0.25) is 10.0 Å². The van der Waals surface area contributed by atoms with E-state index in [0.29, 0.717) is 10.0 Å². The van der Waals surface area contributed by atoms with Gasteiger partial charge in [-0.25, -0.2) is 0 Å². The Bertz CT molecular complexity index is 596. The van der Waals surface area contributed by atoms with Crippen molar-refractivity contribution >= 4 is 29.0 Å². The fourth-order valence-electron chi connectivity index (χ4n) is 1.64. The van der Waals surface area contributed by atoms with Gasteiger partial charge in [0, 0.05) is 17.6 Å². The highest BCUT2D eigenvalue weighted by molar-refractivity contribution is 6.34. The maximum atomic E-state index is 12.1. The van der Waals surface area contributed by atoms with Crippen molar-refractivity contribution in [1.29, 1.82) is 0 Å². The van der Waals surface area contributed by atoms with Gasteiger partial charge in [-0.05, 0) is 36.2 Å². The lowest BCUT2D eigenvalue weighted by molar-refractivity contribution is 0.0988. The maximum Gasteiger partial charge on any atom is 0.187 e. The first-order valence-corrected chi connectivity index (χ1v) is 6.22. The van der Waals surface area contributed by atoms with Gasteiger partial charge in [-0.3, -0.25) is 9.78 Å². The van der Waals surface area contributed by atoms with E-state index in [2.05, 4.69) is 4.98 Å². The number of halogens is 2. The van der Waals surface area contributed by atoms with E-state index < -0.39 is 0 Å². The number of carbonyl (C=O) groups excluding carboxylic acids is 1. The van der Waals surface area contributed by atoms with E-state index in [1.165, 1.54) is 0 Å². The molecule has 2 rings (SSSR count). The third-order valence-electron chi connectivity index (χ3n) is 2.58. The largest absolute Gasteiger partial charge is 0.292 e. The summed E-state index contributed by atoms with van der Waals surface area (Å²) in [6, 6.07) is 8.96. The normalized spacial score (nSPS) is 10.4. The number of nitrogens with zero attached hydrogens (tertiary/aromatic N) is 1. The van der Waals surface area contributed by atoms with Crippen LogP contribution in [0.15, 0.2) is 36.5 Å². The molecule has 0 amide bonds. The van der Waals surface area contributed by atoms with Gasteiger partial charge in [-0.15, -0.1) is 0 Å². The zero-order chi connectivity index (χ0) is 13.1. The van der Waals surface area contributed by atoms with Crippen molar-refractivity contribution < 1.29 is 4.79 Å². The summed E-state index contributed by atoms with van der Waals surface area (Å²) in [7, 11) is 0. The van der Waals surface area contributed by atoms with Crippen LogP contribution in [0.3, 0.4) is 0 Å². The molecule has 1 heterocycles. The lowest BCUT2D eigenvalue weighted by Gasteiger charge is -2.05. The number of carbonyl (C=O) groups is 1. The molecule has 92 valence electrons. The molecule has 4 heteroatoms. The number of Topliss-reactive ketones (excluding diaryl/α,β-unsaturated/α-hetero) is 1. The third-order valence-corrected chi connectivity index (χ3v) is 3.24. The molecule has 0 aliphatic heterocycles. The SMILES string of the molecule is Cc1ccc(CC(=O)c2ncccc2Cl)c(Cl)c1. The highest BCUT2D eigenvalue weighted by atomic mass is 35.5. The van der Waals surface area contributed by atoms with Crippen LogP contribution in [0.4, 0.5) is 0 Å². The van der Waals surface area contributed by atoms with Crippen molar-refractivity contribution in [1.82, 2.24) is 4.98 Å². The van der Waals surface area contributed by atoms with Gasteiger partial charge in [-0.2, -0.15) is 0 Å².